The second-order valence-corrected chi connectivity index (χ2v) is 4.41. The monoisotopic (exact) mass is 290 g/mol. The number of rotatable bonds is 9. The van der Waals surface area contributed by atoms with Crippen molar-refractivity contribution >= 4 is 5.69 Å². The molecule has 1 aromatic carbocycles. The lowest BCUT2D eigenvalue weighted by atomic mass is 10.3. The molecule has 0 aliphatic rings. The van der Waals surface area contributed by atoms with Crippen LogP contribution in [0.15, 0.2) is 24.3 Å². The lowest BCUT2D eigenvalue weighted by Crippen LogP contribution is -2.39. The van der Waals surface area contributed by atoms with Gasteiger partial charge in [-0.15, -0.1) is 0 Å². The molecule has 0 aliphatic heterocycles. The van der Waals surface area contributed by atoms with Gasteiger partial charge in [-0.3, -0.25) is 4.90 Å². The van der Waals surface area contributed by atoms with E-state index in [1.54, 1.807) is 24.3 Å². The van der Waals surface area contributed by atoms with Crippen molar-refractivity contribution in [2.45, 2.75) is 12.5 Å². The van der Waals surface area contributed by atoms with Crippen molar-refractivity contribution in [3.63, 3.8) is 0 Å². The first-order valence-electron chi connectivity index (χ1n) is 6.29. The number of halogens is 2. The van der Waals surface area contributed by atoms with Crippen molar-refractivity contribution in [2.75, 3.05) is 38.6 Å². The normalized spacial score (nSPS) is 12.9. The Balaban J connectivity index is 2.39. The zero-order valence-electron chi connectivity index (χ0n) is 11.1. The second kappa shape index (κ2) is 8.68. The molecule has 5 nitrogen and oxygen atoms in total. The summed E-state index contributed by atoms with van der Waals surface area (Å²) < 4.78 is 29.9. The van der Waals surface area contributed by atoms with Gasteiger partial charge in [0.05, 0.1) is 13.2 Å². The summed E-state index contributed by atoms with van der Waals surface area (Å²) in [4.78, 5) is 1.29. The topological polar surface area (TPSA) is 79.0 Å². The summed E-state index contributed by atoms with van der Waals surface area (Å²) in [5.41, 5.74) is 6.12. The van der Waals surface area contributed by atoms with Crippen LogP contribution in [0.25, 0.3) is 0 Å². The fourth-order valence-electron chi connectivity index (χ4n) is 1.74. The average molecular weight is 290 g/mol. The van der Waals surface area contributed by atoms with Crippen LogP contribution < -0.4 is 10.5 Å². The molecule has 0 bridgehead atoms. The highest BCUT2D eigenvalue weighted by atomic mass is 19.3. The van der Waals surface area contributed by atoms with Crippen LogP contribution in [0.5, 0.6) is 5.75 Å². The lowest BCUT2D eigenvalue weighted by Gasteiger charge is -2.23. The van der Waals surface area contributed by atoms with Crippen LogP contribution in [0, 0.1) is 0 Å². The van der Waals surface area contributed by atoms with Crippen LogP contribution in [0.3, 0.4) is 0 Å². The van der Waals surface area contributed by atoms with Gasteiger partial charge in [0.1, 0.15) is 18.5 Å². The highest BCUT2D eigenvalue weighted by Gasteiger charge is 2.16. The number of alkyl halides is 2. The molecule has 0 aromatic heterocycles. The third-order valence-electron chi connectivity index (χ3n) is 2.58. The summed E-state index contributed by atoms with van der Waals surface area (Å²) in [5.74, 6) is 0.506. The summed E-state index contributed by atoms with van der Waals surface area (Å²) in [5, 5.41) is 18.6. The number of nitrogen functional groups attached to an aromatic ring is 1. The molecular weight excluding hydrogens is 270 g/mol. The highest BCUT2D eigenvalue weighted by molar-refractivity contribution is 5.43. The molecule has 0 saturated heterocycles. The fraction of sp³-hybridized carbons (Fsp3) is 0.538. The second-order valence-electron chi connectivity index (χ2n) is 4.41. The van der Waals surface area contributed by atoms with Crippen LogP contribution in [0.4, 0.5) is 14.5 Å². The Labute approximate surface area is 116 Å². The predicted octanol–water partition coefficient (Wildman–Crippen LogP) is 0.568. The summed E-state index contributed by atoms with van der Waals surface area (Å²) >= 11 is 0. The maximum absolute atomic E-state index is 12.3. The molecule has 0 amide bonds. The van der Waals surface area contributed by atoms with Crippen molar-refractivity contribution in [1.82, 2.24) is 4.90 Å². The lowest BCUT2D eigenvalue weighted by molar-refractivity contribution is 0.0298. The van der Waals surface area contributed by atoms with Crippen LogP contribution in [0.1, 0.15) is 0 Å². The Morgan fingerprint density at radius 1 is 1.30 bits per heavy atom. The first-order valence-corrected chi connectivity index (χ1v) is 6.29. The summed E-state index contributed by atoms with van der Waals surface area (Å²) in [6.45, 7) is -0.674. The standard InChI is InChI=1S/C13H20F2N2O3/c14-13(15)8-17(4-5-18)7-11(19)9-20-12-3-1-2-10(16)6-12/h1-3,6,11,13,18-19H,4-5,7-9,16H2. The number of nitrogens with two attached hydrogens (primary N) is 1. The first-order chi connectivity index (χ1) is 9.51. The zero-order chi connectivity index (χ0) is 15.0. The molecule has 0 aliphatic carbocycles. The third kappa shape index (κ3) is 6.65. The van der Waals surface area contributed by atoms with Crippen LogP contribution >= 0.6 is 0 Å². The molecule has 0 spiro atoms. The fourth-order valence-corrected chi connectivity index (χ4v) is 1.74. The van der Waals surface area contributed by atoms with E-state index >= 15 is 0 Å². The smallest absolute Gasteiger partial charge is 0.251 e. The third-order valence-corrected chi connectivity index (χ3v) is 2.58. The van der Waals surface area contributed by atoms with E-state index in [4.69, 9.17) is 15.6 Å². The summed E-state index contributed by atoms with van der Waals surface area (Å²) in [7, 11) is 0. The maximum atomic E-state index is 12.3. The number of hydrogen-bond acceptors (Lipinski definition) is 5. The molecular formula is C13H20F2N2O3. The number of anilines is 1. The van der Waals surface area contributed by atoms with Crippen LogP contribution in [0.2, 0.25) is 0 Å². The molecule has 0 radical (unpaired) electrons. The number of aliphatic hydroxyl groups excluding tert-OH is 2. The van der Waals surface area contributed by atoms with E-state index < -0.39 is 19.1 Å². The Kier molecular flexibility index (Phi) is 7.21. The predicted molar refractivity (Wildman–Crippen MR) is 71.9 cm³/mol. The minimum Gasteiger partial charge on any atom is -0.491 e. The molecule has 1 atom stereocenters. The van der Waals surface area contributed by atoms with Gasteiger partial charge < -0.3 is 20.7 Å². The Hall–Kier alpha value is -1.44. The molecule has 20 heavy (non-hydrogen) atoms. The molecule has 0 heterocycles. The van der Waals surface area contributed by atoms with E-state index in [-0.39, 0.29) is 26.3 Å². The van der Waals surface area contributed by atoms with Crippen molar-refractivity contribution in [2.24, 2.45) is 0 Å². The quantitative estimate of drug-likeness (QED) is 0.579. The van der Waals surface area contributed by atoms with E-state index in [1.807, 2.05) is 0 Å². The molecule has 0 fully saturated rings. The van der Waals surface area contributed by atoms with E-state index in [2.05, 4.69) is 0 Å². The van der Waals surface area contributed by atoms with Gasteiger partial charge in [-0.2, -0.15) is 0 Å². The van der Waals surface area contributed by atoms with Crippen LogP contribution in [-0.2, 0) is 0 Å². The van der Waals surface area contributed by atoms with Gasteiger partial charge in [-0.1, -0.05) is 6.07 Å². The first kappa shape index (κ1) is 16.6. The zero-order valence-corrected chi connectivity index (χ0v) is 11.1. The SMILES string of the molecule is Nc1cccc(OCC(O)CN(CCO)CC(F)F)c1. The average Bonchev–Trinajstić information content (AvgIpc) is 2.36. The van der Waals surface area contributed by atoms with Gasteiger partial charge >= 0.3 is 0 Å². The van der Waals surface area contributed by atoms with E-state index in [1.165, 1.54) is 4.90 Å². The number of benzene rings is 1. The van der Waals surface area contributed by atoms with E-state index in [9.17, 15) is 13.9 Å². The van der Waals surface area contributed by atoms with Crippen molar-refractivity contribution in [3.8, 4) is 5.75 Å². The van der Waals surface area contributed by atoms with E-state index in [0.717, 1.165) is 0 Å². The Morgan fingerprint density at radius 2 is 2.05 bits per heavy atom. The van der Waals surface area contributed by atoms with Gasteiger partial charge in [0.25, 0.3) is 6.43 Å². The summed E-state index contributed by atoms with van der Waals surface area (Å²) in [6, 6.07) is 6.71. The minimum absolute atomic E-state index is 0.00716. The molecule has 1 rings (SSSR count). The number of ether oxygens (including phenoxy) is 1. The molecule has 1 aromatic rings. The van der Waals surface area contributed by atoms with Crippen molar-refractivity contribution < 1.29 is 23.7 Å². The number of aliphatic hydroxyl groups is 2. The Morgan fingerprint density at radius 3 is 2.65 bits per heavy atom. The van der Waals surface area contributed by atoms with Crippen molar-refractivity contribution in [3.05, 3.63) is 24.3 Å². The molecule has 7 heteroatoms. The van der Waals surface area contributed by atoms with Crippen molar-refractivity contribution in [1.29, 1.82) is 0 Å². The molecule has 114 valence electrons. The molecule has 0 saturated carbocycles. The van der Waals surface area contributed by atoms with Crippen LogP contribution in [-0.4, -0.2) is 60.5 Å². The molecule has 1 unspecified atom stereocenters. The van der Waals surface area contributed by atoms with Gasteiger partial charge in [0.2, 0.25) is 0 Å². The van der Waals surface area contributed by atoms with E-state index in [0.29, 0.717) is 11.4 Å². The highest BCUT2D eigenvalue weighted by Crippen LogP contribution is 2.14. The number of hydrogen-bond donors (Lipinski definition) is 3. The Bertz CT molecular complexity index is 394. The van der Waals surface area contributed by atoms with Gasteiger partial charge in [-0.25, -0.2) is 8.78 Å². The van der Waals surface area contributed by atoms with Gasteiger partial charge in [0, 0.05) is 24.8 Å². The largest absolute Gasteiger partial charge is 0.491 e. The van der Waals surface area contributed by atoms with Gasteiger partial charge in [-0.05, 0) is 12.1 Å². The minimum atomic E-state index is -2.51. The van der Waals surface area contributed by atoms with Gasteiger partial charge in [0.15, 0.2) is 0 Å². The molecule has 4 N–H and O–H groups in total. The maximum Gasteiger partial charge on any atom is 0.251 e. The summed E-state index contributed by atoms with van der Waals surface area (Å²) in [6.07, 6.45) is -3.44. The number of nitrogens with zero attached hydrogens (tertiary/aromatic N) is 1.